The largest absolute Gasteiger partial charge is 0.355 e. The molecular weight excluding hydrogens is 254 g/mol. The van der Waals surface area contributed by atoms with Crippen molar-refractivity contribution in [3.8, 4) is 0 Å². The van der Waals surface area contributed by atoms with E-state index in [-0.39, 0.29) is 0 Å². The van der Waals surface area contributed by atoms with Crippen LogP contribution in [0.15, 0.2) is 66.7 Å². The van der Waals surface area contributed by atoms with Crippen molar-refractivity contribution >= 4 is 22.1 Å². The van der Waals surface area contributed by atoms with Crippen molar-refractivity contribution in [3.05, 3.63) is 72.3 Å². The first-order valence-electron chi connectivity index (χ1n) is 7.71. The second-order valence-electron chi connectivity index (χ2n) is 5.42. The lowest BCUT2D eigenvalue weighted by molar-refractivity contribution is 0.797. The van der Waals surface area contributed by atoms with Crippen molar-refractivity contribution in [2.24, 2.45) is 0 Å². The predicted octanol–water partition coefficient (Wildman–Crippen LogP) is 5.93. The smallest absolute Gasteiger partial charge is 0.0496 e. The highest BCUT2D eigenvalue weighted by Gasteiger charge is 2.07. The minimum absolute atomic E-state index is 1.12. The normalized spacial score (nSPS) is 10.7. The molecule has 0 aromatic heterocycles. The van der Waals surface area contributed by atoms with Gasteiger partial charge in [0.15, 0.2) is 0 Å². The standard InChI is InChI=1S/C20H21N/c1-2-3-9-17-15-14-16-10-7-8-13-19(16)20(17)21-18-11-5-4-6-12-18/h4-8,10-15,21H,2-3,9H2,1H3. The molecule has 0 bridgehead atoms. The van der Waals surface area contributed by atoms with Gasteiger partial charge in [-0.2, -0.15) is 0 Å². The van der Waals surface area contributed by atoms with Crippen LogP contribution in [0.4, 0.5) is 11.4 Å². The summed E-state index contributed by atoms with van der Waals surface area (Å²) in [5.74, 6) is 0. The van der Waals surface area contributed by atoms with Crippen molar-refractivity contribution in [1.29, 1.82) is 0 Å². The van der Waals surface area contributed by atoms with E-state index >= 15 is 0 Å². The Labute approximate surface area is 126 Å². The lowest BCUT2D eigenvalue weighted by Crippen LogP contribution is -1.97. The number of para-hydroxylation sites is 1. The first-order valence-corrected chi connectivity index (χ1v) is 7.71. The molecule has 3 aromatic carbocycles. The second-order valence-corrected chi connectivity index (χ2v) is 5.42. The summed E-state index contributed by atoms with van der Waals surface area (Å²) < 4.78 is 0. The van der Waals surface area contributed by atoms with E-state index in [9.17, 15) is 0 Å². The van der Waals surface area contributed by atoms with Gasteiger partial charge in [0.1, 0.15) is 0 Å². The van der Waals surface area contributed by atoms with Crippen molar-refractivity contribution in [2.45, 2.75) is 26.2 Å². The highest BCUT2D eigenvalue weighted by atomic mass is 14.9. The highest BCUT2D eigenvalue weighted by molar-refractivity contribution is 5.97. The summed E-state index contributed by atoms with van der Waals surface area (Å²) in [6, 6.07) is 23.5. The Bertz CT molecular complexity index is 716. The molecule has 0 heterocycles. The number of benzene rings is 3. The van der Waals surface area contributed by atoms with Crippen molar-refractivity contribution in [2.75, 3.05) is 5.32 Å². The molecule has 1 N–H and O–H groups in total. The number of hydrogen-bond acceptors (Lipinski definition) is 1. The maximum Gasteiger partial charge on any atom is 0.0496 e. The fraction of sp³-hybridized carbons (Fsp3) is 0.200. The fourth-order valence-electron chi connectivity index (χ4n) is 2.71. The lowest BCUT2D eigenvalue weighted by Gasteiger charge is -2.15. The van der Waals surface area contributed by atoms with E-state index in [0.29, 0.717) is 0 Å². The van der Waals surface area contributed by atoms with E-state index in [0.717, 1.165) is 12.1 Å². The molecule has 0 amide bonds. The number of fused-ring (bicyclic) bond motifs is 1. The van der Waals surface area contributed by atoms with E-state index in [1.54, 1.807) is 0 Å². The zero-order valence-electron chi connectivity index (χ0n) is 12.5. The van der Waals surface area contributed by atoms with Gasteiger partial charge in [-0.25, -0.2) is 0 Å². The van der Waals surface area contributed by atoms with Crippen molar-refractivity contribution in [3.63, 3.8) is 0 Å². The molecule has 0 unspecified atom stereocenters. The van der Waals surface area contributed by atoms with E-state index in [1.165, 1.54) is 34.9 Å². The minimum atomic E-state index is 1.12. The van der Waals surface area contributed by atoms with Gasteiger partial charge in [0.05, 0.1) is 0 Å². The molecule has 1 heteroatoms. The third-order valence-electron chi connectivity index (χ3n) is 3.86. The molecule has 0 spiro atoms. The van der Waals surface area contributed by atoms with Crippen molar-refractivity contribution in [1.82, 2.24) is 0 Å². The quantitative estimate of drug-likeness (QED) is 0.609. The van der Waals surface area contributed by atoms with Gasteiger partial charge in [0.2, 0.25) is 0 Å². The van der Waals surface area contributed by atoms with Crippen LogP contribution in [-0.2, 0) is 6.42 Å². The average Bonchev–Trinajstić information content (AvgIpc) is 2.55. The zero-order chi connectivity index (χ0) is 14.5. The van der Waals surface area contributed by atoms with Gasteiger partial charge in [0, 0.05) is 16.8 Å². The molecule has 0 saturated heterocycles. The molecule has 0 aliphatic heterocycles. The lowest BCUT2D eigenvalue weighted by atomic mass is 10.00. The molecule has 0 saturated carbocycles. The van der Waals surface area contributed by atoms with Crippen LogP contribution in [0, 0.1) is 0 Å². The van der Waals surface area contributed by atoms with Crippen LogP contribution < -0.4 is 5.32 Å². The zero-order valence-corrected chi connectivity index (χ0v) is 12.5. The Morgan fingerprint density at radius 1 is 0.810 bits per heavy atom. The van der Waals surface area contributed by atoms with Crippen LogP contribution >= 0.6 is 0 Å². The van der Waals surface area contributed by atoms with Crippen LogP contribution in [0.3, 0.4) is 0 Å². The van der Waals surface area contributed by atoms with Crippen LogP contribution in [-0.4, -0.2) is 0 Å². The summed E-state index contributed by atoms with van der Waals surface area (Å²) in [6.45, 7) is 2.24. The summed E-state index contributed by atoms with van der Waals surface area (Å²) in [5.41, 5.74) is 3.80. The summed E-state index contributed by atoms with van der Waals surface area (Å²) >= 11 is 0. The molecule has 0 aliphatic rings. The van der Waals surface area contributed by atoms with E-state index in [4.69, 9.17) is 0 Å². The van der Waals surface area contributed by atoms with E-state index < -0.39 is 0 Å². The van der Waals surface area contributed by atoms with Crippen LogP contribution in [0.2, 0.25) is 0 Å². The number of unbranched alkanes of at least 4 members (excludes halogenated alkanes) is 1. The van der Waals surface area contributed by atoms with Gasteiger partial charge in [-0.15, -0.1) is 0 Å². The van der Waals surface area contributed by atoms with Gasteiger partial charge in [-0.05, 0) is 35.9 Å². The summed E-state index contributed by atoms with van der Waals surface area (Å²) in [6.07, 6.45) is 3.57. The summed E-state index contributed by atoms with van der Waals surface area (Å²) in [7, 11) is 0. The first-order chi connectivity index (χ1) is 10.4. The Kier molecular flexibility index (Phi) is 4.20. The molecule has 106 valence electrons. The summed E-state index contributed by atoms with van der Waals surface area (Å²) in [5, 5.41) is 6.21. The van der Waals surface area contributed by atoms with Gasteiger partial charge < -0.3 is 5.32 Å². The Hall–Kier alpha value is -2.28. The molecule has 0 fully saturated rings. The SMILES string of the molecule is CCCCc1ccc2ccccc2c1Nc1ccccc1. The highest BCUT2D eigenvalue weighted by Crippen LogP contribution is 2.31. The Morgan fingerprint density at radius 3 is 2.38 bits per heavy atom. The molecule has 21 heavy (non-hydrogen) atoms. The fourth-order valence-corrected chi connectivity index (χ4v) is 2.71. The number of aryl methyl sites for hydroxylation is 1. The molecular formula is C20H21N. The van der Waals surface area contributed by atoms with Crippen LogP contribution in [0.25, 0.3) is 10.8 Å². The number of anilines is 2. The maximum atomic E-state index is 3.62. The minimum Gasteiger partial charge on any atom is -0.355 e. The Morgan fingerprint density at radius 2 is 1.57 bits per heavy atom. The van der Waals surface area contributed by atoms with Gasteiger partial charge >= 0.3 is 0 Å². The average molecular weight is 275 g/mol. The van der Waals surface area contributed by atoms with Crippen molar-refractivity contribution < 1.29 is 0 Å². The number of rotatable bonds is 5. The summed E-state index contributed by atoms with van der Waals surface area (Å²) in [4.78, 5) is 0. The predicted molar refractivity (Wildman–Crippen MR) is 92.3 cm³/mol. The monoisotopic (exact) mass is 275 g/mol. The van der Waals surface area contributed by atoms with Gasteiger partial charge in [-0.3, -0.25) is 0 Å². The first kappa shape index (κ1) is 13.7. The van der Waals surface area contributed by atoms with E-state index in [1.807, 2.05) is 6.07 Å². The topological polar surface area (TPSA) is 12.0 Å². The third kappa shape index (κ3) is 3.08. The maximum absolute atomic E-state index is 3.62. The van der Waals surface area contributed by atoms with E-state index in [2.05, 4.69) is 72.9 Å². The second kappa shape index (κ2) is 6.45. The molecule has 3 rings (SSSR count). The molecule has 0 aliphatic carbocycles. The number of hydrogen-bond donors (Lipinski definition) is 1. The van der Waals surface area contributed by atoms with Crippen LogP contribution in [0.5, 0.6) is 0 Å². The molecule has 1 nitrogen and oxygen atoms in total. The van der Waals surface area contributed by atoms with Gasteiger partial charge in [-0.1, -0.05) is 67.9 Å². The Balaban J connectivity index is 2.07. The van der Waals surface area contributed by atoms with Gasteiger partial charge in [0.25, 0.3) is 0 Å². The molecule has 3 aromatic rings. The number of nitrogens with one attached hydrogen (secondary N) is 1. The van der Waals surface area contributed by atoms with Crippen LogP contribution in [0.1, 0.15) is 25.3 Å². The third-order valence-corrected chi connectivity index (χ3v) is 3.86. The molecule has 0 atom stereocenters. The molecule has 0 radical (unpaired) electrons.